The van der Waals surface area contributed by atoms with Crippen molar-refractivity contribution in [3.8, 4) is 0 Å². The zero-order chi connectivity index (χ0) is 30.8. The molecule has 0 spiro atoms. The predicted octanol–water partition coefficient (Wildman–Crippen LogP) is 6.36. The minimum Gasteiger partial charge on any atom is -0.466 e. The Bertz CT molecular complexity index is 1540. The Balaban J connectivity index is 1.90. The smallest absolute Gasteiger partial charge is 0.308 e. The first-order valence-corrected chi connectivity index (χ1v) is 15.4. The minimum atomic E-state index is -1.88. The molecule has 1 heterocycles. The highest BCUT2D eigenvalue weighted by atomic mass is 32.2. The van der Waals surface area contributed by atoms with Crippen molar-refractivity contribution >= 4 is 28.5 Å². The topological polar surface area (TPSA) is 75.7 Å². The van der Waals surface area contributed by atoms with Crippen LogP contribution in [0.3, 0.4) is 0 Å². The van der Waals surface area contributed by atoms with Gasteiger partial charge in [-0.1, -0.05) is 91.0 Å². The summed E-state index contributed by atoms with van der Waals surface area (Å²) in [6.45, 7) is 7.06. The number of hydrogen-bond acceptors (Lipinski definition) is 4. The summed E-state index contributed by atoms with van der Waals surface area (Å²) in [5.74, 6) is -1.80. The molecule has 5 rings (SSSR count). The third-order valence-corrected chi connectivity index (χ3v) is 9.32. The zero-order valence-electron chi connectivity index (χ0n) is 24.7. The Labute approximate surface area is 254 Å². The van der Waals surface area contributed by atoms with Gasteiger partial charge in [0.05, 0.1) is 34.4 Å². The largest absolute Gasteiger partial charge is 0.466 e. The predicted molar refractivity (Wildman–Crippen MR) is 167 cm³/mol. The van der Waals surface area contributed by atoms with Crippen LogP contribution in [0, 0.1) is 5.82 Å². The van der Waals surface area contributed by atoms with Crippen molar-refractivity contribution in [3.63, 3.8) is 0 Å². The van der Waals surface area contributed by atoms with Gasteiger partial charge in [-0.25, -0.2) is 13.3 Å². The van der Waals surface area contributed by atoms with E-state index in [-0.39, 0.29) is 12.2 Å². The molecule has 222 valence electrons. The van der Waals surface area contributed by atoms with E-state index in [2.05, 4.69) is 4.72 Å². The van der Waals surface area contributed by atoms with Crippen LogP contribution in [0.4, 0.5) is 10.1 Å². The molecule has 1 aliphatic rings. The lowest BCUT2D eigenvalue weighted by molar-refractivity contribution is -0.147. The van der Waals surface area contributed by atoms with E-state index in [0.29, 0.717) is 5.69 Å². The van der Waals surface area contributed by atoms with E-state index < -0.39 is 50.9 Å². The minimum absolute atomic E-state index is 0.0904. The second-order valence-corrected chi connectivity index (χ2v) is 13.4. The fourth-order valence-electron chi connectivity index (χ4n) is 5.76. The van der Waals surface area contributed by atoms with Crippen LogP contribution in [0.1, 0.15) is 56.4 Å². The molecule has 0 aromatic heterocycles. The molecule has 6 nitrogen and oxygen atoms in total. The maximum absolute atomic E-state index is 15.4. The highest BCUT2D eigenvalue weighted by Gasteiger charge is 2.60. The fourth-order valence-corrected chi connectivity index (χ4v) is 6.66. The number of carbonyl (C=O) groups excluding carboxylic acids is 2. The quantitative estimate of drug-likeness (QED) is 0.180. The summed E-state index contributed by atoms with van der Waals surface area (Å²) < 4.78 is 36.4. The lowest BCUT2D eigenvalue weighted by atomic mass is 9.75. The maximum atomic E-state index is 15.4. The molecule has 43 heavy (non-hydrogen) atoms. The number of anilines is 1. The van der Waals surface area contributed by atoms with Gasteiger partial charge in [-0.05, 0) is 62.6 Å². The van der Waals surface area contributed by atoms with Gasteiger partial charge in [-0.15, -0.1) is 0 Å². The number of esters is 1. The van der Waals surface area contributed by atoms with E-state index in [1.54, 1.807) is 38.7 Å². The third-order valence-electron chi connectivity index (χ3n) is 7.68. The first-order chi connectivity index (χ1) is 20.6. The molecule has 1 aliphatic heterocycles. The van der Waals surface area contributed by atoms with E-state index in [4.69, 9.17) is 4.74 Å². The van der Waals surface area contributed by atoms with Crippen molar-refractivity contribution in [2.24, 2.45) is 0 Å². The van der Waals surface area contributed by atoms with Gasteiger partial charge < -0.3 is 4.74 Å². The Morgan fingerprint density at radius 3 is 1.79 bits per heavy atom. The van der Waals surface area contributed by atoms with E-state index in [1.807, 2.05) is 91.0 Å². The van der Waals surface area contributed by atoms with Gasteiger partial charge in [-0.2, -0.15) is 0 Å². The summed E-state index contributed by atoms with van der Waals surface area (Å²) in [6, 6.07) is 32.9. The molecule has 0 fully saturated rings. The summed E-state index contributed by atoms with van der Waals surface area (Å²) >= 11 is 0. The van der Waals surface area contributed by atoms with Gasteiger partial charge in [0.2, 0.25) is 0 Å². The van der Waals surface area contributed by atoms with Crippen LogP contribution in [0.15, 0.2) is 109 Å². The summed E-state index contributed by atoms with van der Waals surface area (Å²) in [5.41, 5.74) is -0.194. The van der Waals surface area contributed by atoms with Crippen LogP contribution in [-0.2, 0) is 36.4 Å². The van der Waals surface area contributed by atoms with E-state index >= 15 is 9.18 Å². The van der Waals surface area contributed by atoms with Crippen molar-refractivity contribution in [1.82, 2.24) is 4.72 Å². The second kappa shape index (κ2) is 11.9. The molecule has 0 bridgehead atoms. The lowest BCUT2D eigenvalue weighted by Crippen LogP contribution is -2.59. The Hall–Kier alpha value is -4.14. The number of amides is 1. The number of halogens is 1. The lowest BCUT2D eigenvalue weighted by Gasteiger charge is -2.45. The number of nitrogens with one attached hydrogen (secondary N) is 1. The van der Waals surface area contributed by atoms with Gasteiger partial charge in [0.1, 0.15) is 16.9 Å². The molecule has 2 atom stereocenters. The number of fused-ring (bicyclic) bond motifs is 1. The normalized spacial score (nSPS) is 17.4. The average Bonchev–Trinajstić information content (AvgIpc) is 3.22. The van der Waals surface area contributed by atoms with E-state index in [1.165, 1.54) is 12.1 Å². The first kappa shape index (κ1) is 30.3. The van der Waals surface area contributed by atoms with Crippen LogP contribution in [-0.4, -0.2) is 27.4 Å². The van der Waals surface area contributed by atoms with Gasteiger partial charge in [0.15, 0.2) is 0 Å². The average molecular weight is 599 g/mol. The number of benzene rings is 4. The zero-order valence-corrected chi connectivity index (χ0v) is 25.5. The molecule has 0 aliphatic carbocycles. The number of ether oxygens (including phenoxy) is 1. The third kappa shape index (κ3) is 5.30. The molecule has 0 unspecified atom stereocenters. The second-order valence-electron chi connectivity index (χ2n) is 11.5. The Morgan fingerprint density at radius 1 is 0.860 bits per heavy atom. The van der Waals surface area contributed by atoms with Crippen LogP contribution >= 0.6 is 0 Å². The number of hydrogen-bond donors (Lipinski definition) is 1. The summed E-state index contributed by atoms with van der Waals surface area (Å²) in [4.78, 5) is 30.2. The van der Waals surface area contributed by atoms with Crippen molar-refractivity contribution < 1.29 is 22.9 Å². The van der Waals surface area contributed by atoms with E-state index in [0.717, 1.165) is 16.7 Å². The molecule has 1 amide bonds. The van der Waals surface area contributed by atoms with Crippen LogP contribution < -0.4 is 9.62 Å². The number of rotatable bonds is 9. The van der Waals surface area contributed by atoms with Gasteiger partial charge >= 0.3 is 5.97 Å². The fraction of sp³-hybridized carbons (Fsp3) is 0.257. The monoisotopic (exact) mass is 598 g/mol. The Kier molecular flexibility index (Phi) is 8.36. The molecule has 0 radical (unpaired) electrons. The summed E-state index contributed by atoms with van der Waals surface area (Å²) in [7, 11) is -1.82. The first-order valence-electron chi connectivity index (χ1n) is 14.2. The SMILES string of the molecule is CCOC(=O)C[C@@]1(N[S@](=O)C(C)(C)C)C(=O)N(C(c2ccccc2)(c2ccccc2)c2ccccc2)c2ccc(F)cc21. The van der Waals surface area contributed by atoms with E-state index in [9.17, 15) is 9.00 Å². The Morgan fingerprint density at radius 2 is 1.35 bits per heavy atom. The van der Waals surface area contributed by atoms with Gasteiger partial charge in [0, 0.05) is 5.56 Å². The molecular formula is C35H35FN2O4S. The standard InChI is InChI=1S/C35H35FN2O4S/c1-5-42-31(39)24-34(37-43(41)33(2,3)4)29-23-28(36)21-22-30(29)38(32(34)40)35(25-15-9-6-10-16-25,26-17-11-7-12-18-26)27-19-13-8-14-20-27/h6-23,37H,5,24H2,1-4H3/t34-,43+/m0/s1. The van der Waals surface area contributed by atoms with Crippen molar-refractivity contribution in [2.75, 3.05) is 11.5 Å². The van der Waals surface area contributed by atoms with Crippen molar-refractivity contribution in [3.05, 3.63) is 137 Å². The van der Waals surface area contributed by atoms with Crippen molar-refractivity contribution in [2.45, 2.75) is 49.9 Å². The maximum Gasteiger partial charge on any atom is 0.308 e. The molecule has 0 saturated carbocycles. The van der Waals surface area contributed by atoms with Crippen LogP contribution in [0.2, 0.25) is 0 Å². The molecular weight excluding hydrogens is 563 g/mol. The van der Waals surface area contributed by atoms with Gasteiger partial charge in [0.25, 0.3) is 5.91 Å². The molecule has 4 aromatic carbocycles. The highest BCUT2D eigenvalue weighted by molar-refractivity contribution is 7.84. The number of nitrogens with zero attached hydrogens (tertiary/aromatic N) is 1. The van der Waals surface area contributed by atoms with Crippen LogP contribution in [0.25, 0.3) is 0 Å². The molecule has 8 heteroatoms. The van der Waals surface area contributed by atoms with Crippen molar-refractivity contribution in [1.29, 1.82) is 0 Å². The molecule has 0 saturated heterocycles. The number of carbonyl (C=O) groups is 2. The molecule has 1 N–H and O–H groups in total. The van der Waals surface area contributed by atoms with Crippen LogP contribution in [0.5, 0.6) is 0 Å². The summed E-state index contributed by atoms with van der Waals surface area (Å²) in [6.07, 6.45) is -0.483. The van der Waals surface area contributed by atoms with Gasteiger partial charge in [-0.3, -0.25) is 14.5 Å². The summed E-state index contributed by atoms with van der Waals surface area (Å²) in [5, 5.41) is 0. The highest BCUT2D eigenvalue weighted by Crippen LogP contribution is 2.53. The molecule has 4 aromatic rings.